The highest BCUT2D eigenvalue weighted by atomic mass is 32.1. The van der Waals surface area contributed by atoms with Crippen molar-refractivity contribution in [3.05, 3.63) is 41.0 Å². The lowest BCUT2D eigenvalue weighted by Gasteiger charge is -2.28. The maximum absolute atomic E-state index is 12.3. The molecule has 2 aromatic heterocycles. The van der Waals surface area contributed by atoms with Gasteiger partial charge >= 0.3 is 0 Å². The van der Waals surface area contributed by atoms with Crippen molar-refractivity contribution >= 4 is 39.2 Å². The van der Waals surface area contributed by atoms with Gasteiger partial charge < -0.3 is 20.3 Å². The van der Waals surface area contributed by atoms with Crippen molar-refractivity contribution in [2.75, 3.05) is 49.6 Å². The van der Waals surface area contributed by atoms with Crippen LogP contribution in [-0.4, -0.2) is 60.3 Å². The van der Waals surface area contributed by atoms with Gasteiger partial charge in [0.15, 0.2) is 0 Å². The summed E-state index contributed by atoms with van der Waals surface area (Å²) in [6.45, 7) is 6.06. The Kier molecular flexibility index (Phi) is 5.63. The number of morpholine rings is 1. The summed E-state index contributed by atoms with van der Waals surface area (Å²) in [7, 11) is 0. The van der Waals surface area contributed by atoms with Gasteiger partial charge in [0.1, 0.15) is 5.82 Å². The average Bonchev–Trinajstić information content (AvgIpc) is 3.19. The molecule has 2 N–H and O–H groups in total. The number of fused-ring (bicyclic) bond motifs is 1. The van der Waals surface area contributed by atoms with E-state index in [0.717, 1.165) is 34.8 Å². The quantitative estimate of drug-likeness (QED) is 0.614. The maximum atomic E-state index is 12.3. The van der Waals surface area contributed by atoms with Crippen LogP contribution in [-0.2, 0) is 4.74 Å². The zero-order valence-corrected chi connectivity index (χ0v) is 16.5. The summed E-state index contributed by atoms with van der Waals surface area (Å²) in [4.78, 5) is 27.8. The molecule has 0 unspecified atom stereocenters. The van der Waals surface area contributed by atoms with Crippen LogP contribution in [0.3, 0.4) is 0 Å². The molecule has 3 heterocycles. The molecule has 1 saturated heterocycles. The lowest BCUT2D eigenvalue weighted by atomic mass is 10.2. The Labute approximate surface area is 167 Å². The number of anilines is 2. The molecule has 0 atom stereocenters. The fraction of sp³-hybridized carbons (Fsp3) is 0.368. The summed E-state index contributed by atoms with van der Waals surface area (Å²) < 4.78 is 6.40. The molecular weight excluding hydrogens is 376 g/mol. The van der Waals surface area contributed by atoms with Crippen molar-refractivity contribution in [3.8, 4) is 0 Å². The number of nitrogens with one attached hydrogen (secondary N) is 2. The Morgan fingerprint density at radius 1 is 1.21 bits per heavy atom. The van der Waals surface area contributed by atoms with Gasteiger partial charge in [-0.3, -0.25) is 4.79 Å². The van der Waals surface area contributed by atoms with E-state index >= 15 is 0 Å². The number of aromatic nitrogens is 3. The topological polar surface area (TPSA) is 92.3 Å². The Balaban J connectivity index is 1.31. The van der Waals surface area contributed by atoms with Crippen molar-refractivity contribution in [2.45, 2.75) is 6.92 Å². The zero-order valence-electron chi connectivity index (χ0n) is 15.6. The van der Waals surface area contributed by atoms with Crippen molar-refractivity contribution in [1.82, 2.24) is 20.3 Å². The van der Waals surface area contributed by atoms with Gasteiger partial charge in [-0.1, -0.05) is 0 Å². The lowest BCUT2D eigenvalue weighted by molar-refractivity contribution is 0.0955. The number of thiazole rings is 1. The van der Waals surface area contributed by atoms with Crippen LogP contribution >= 0.6 is 11.3 Å². The summed E-state index contributed by atoms with van der Waals surface area (Å²) in [5.41, 5.74) is 4.23. The monoisotopic (exact) mass is 398 g/mol. The first kappa shape index (κ1) is 18.6. The molecule has 1 aliphatic heterocycles. The molecule has 146 valence electrons. The highest BCUT2D eigenvalue weighted by Crippen LogP contribution is 2.19. The highest BCUT2D eigenvalue weighted by molar-refractivity contribution is 7.16. The van der Waals surface area contributed by atoms with Crippen molar-refractivity contribution < 1.29 is 9.53 Å². The SMILES string of the molecule is Cc1cc(N2CCOCC2)nc(NCCNC(=O)c2ccc3ncsc3c2)n1. The third-order valence-electron chi connectivity index (χ3n) is 4.46. The third kappa shape index (κ3) is 4.37. The minimum atomic E-state index is -0.101. The number of hydrogen-bond acceptors (Lipinski definition) is 8. The number of hydrogen-bond donors (Lipinski definition) is 2. The van der Waals surface area contributed by atoms with E-state index in [1.807, 2.05) is 25.1 Å². The van der Waals surface area contributed by atoms with Gasteiger partial charge in [0.2, 0.25) is 5.95 Å². The highest BCUT2D eigenvalue weighted by Gasteiger charge is 2.14. The van der Waals surface area contributed by atoms with Crippen LogP contribution in [0, 0.1) is 6.92 Å². The third-order valence-corrected chi connectivity index (χ3v) is 5.25. The fourth-order valence-electron chi connectivity index (χ4n) is 3.03. The predicted octanol–water partition coefficient (Wildman–Crippen LogP) is 2.07. The molecule has 1 aromatic carbocycles. The van der Waals surface area contributed by atoms with Crippen LogP contribution in [0.2, 0.25) is 0 Å². The van der Waals surface area contributed by atoms with Crippen molar-refractivity contribution in [3.63, 3.8) is 0 Å². The molecule has 0 aliphatic carbocycles. The Morgan fingerprint density at radius 3 is 2.93 bits per heavy atom. The number of carbonyl (C=O) groups is 1. The van der Waals surface area contributed by atoms with E-state index in [9.17, 15) is 4.79 Å². The van der Waals surface area contributed by atoms with Gasteiger partial charge in [0, 0.05) is 43.5 Å². The van der Waals surface area contributed by atoms with E-state index < -0.39 is 0 Å². The van der Waals surface area contributed by atoms with E-state index in [4.69, 9.17) is 4.74 Å². The van der Waals surface area contributed by atoms with Crippen molar-refractivity contribution in [2.24, 2.45) is 0 Å². The van der Waals surface area contributed by atoms with E-state index in [1.54, 1.807) is 11.6 Å². The van der Waals surface area contributed by atoms with Crippen molar-refractivity contribution in [1.29, 1.82) is 0 Å². The fourth-order valence-corrected chi connectivity index (χ4v) is 3.75. The summed E-state index contributed by atoms with van der Waals surface area (Å²) in [6.07, 6.45) is 0. The van der Waals surface area contributed by atoms with E-state index in [0.29, 0.717) is 37.8 Å². The van der Waals surface area contributed by atoms with E-state index in [2.05, 4.69) is 30.5 Å². The molecule has 8 nitrogen and oxygen atoms in total. The Morgan fingerprint density at radius 2 is 2.07 bits per heavy atom. The van der Waals surface area contributed by atoms with Crippen LogP contribution in [0.1, 0.15) is 16.1 Å². The number of benzene rings is 1. The smallest absolute Gasteiger partial charge is 0.251 e. The molecule has 1 fully saturated rings. The zero-order chi connectivity index (χ0) is 19.3. The summed E-state index contributed by atoms with van der Waals surface area (Å²) in [5.74, 6) is 1.37. The molecule has 0 bridgehead atoms. The van der Waals surface area contributed by atoms with Gasteiger partial charge in [0.25, 0.3) is 5.91 Å². The Hall–Kier alpha value is -2.78. The molecule has 0 radical (unpaired) electrons. The van der Waals surface area contributed by atoms with E-state index in [-0.39, 0.29) is 5.91 Å². The summed E-state index contributed by atoms with van der Waals surface area (Å²) >= 11 is 1.53. The van der Waals surface area contributed by atoms with Crippen LogP contribution < -0.4 is 15.5 Å². The van der Waals surface area contributed by atoms with Crippen LogP contribution in [0.25, 0.3) is 10.2 Å². The van der Waals surface area contributed by atoms with E-state index in [1.165, 1.54) is 11.3 Å². The second-order valence-electron chi connectivity index (χ2n) is 6.51. The van der Waals surface area contributed by atoms with Gasteiger partial charge in [-0.05, 0) is 25.1 Å². The van der Waals surface area contributed by atoms with Gasteiger partial charge in [-0.2, -0.15) is 4.98 Å². The predicted molar refractivity (Wildman–Crippen MR) is 110 cm³/mol. The Bertz CT molecular complexity index is 970. The number of amides is 1. The van der Waals surface area contributed by atoms with Crippen LogP contribution in [0.15, 0.2) is 29.8 Å². The second-order valence-corrected chi connectivity index (χ2v) is 7.39. The number of ether oxygens (including phenoxy) is 1. The summed E-state index contributed by atoms with van der Waals surface area (Å²) in [6, 6.07) is 7.51. The molecule has 4 rings (SSSR count). The first-order chi connectivity index (χ1) is 13.7. The first-order valence-electron chi connectivity index (χ1n) is 9.23. The molecule has 1 amide bonds. The standard InChI is InChI=1S/C19H22N6O2S/c1-13-10-17(25-6-8-27-9-7-25)24-19(23-13)21-5-4-20-18(26)14-2-3-15-16(11-14)28-12-22-15/h2-3,10-12H,4-9H2,1H3,(H,20,26)(H,21,23,24). The molecule has 0 saturated carbocycles. The number of carbonyl (C=O) groups excluding carboxylic acids is 1. The summed E-state index contributed by atoms with van der Waals surface area (Å²) in [5, 5.41) is 6.11. The second kappa shape index (κ2) is 8.49. The molecule has 0 spiro atoms. The molecular formula is C19H22N6O2S. The minimum absolute atomic E-state index is 0.101. The van der Waals surface area contributed by atoms with Gasteiger partial charge in [0.05, 0.1) is 28.9 Å². The molecule has 9 heteroatoms. The lowest BCUT2D eigenvalue weighted by Crippen LogP contribution is -2.37. The average molecular weight is 398 g/mol. The number of aryl methyl sites for hydroxylation is 1. The van der Waals surface area contributed by atoms with Crippen LogP contribution in [0.4, 0.5) is 11.8 Å². The largest absolute Gasteiger partial charge is 0.378 e. The molecule has 3 aromatic rings. The van der Waals surface area contributed by atoms with Crippen LogP contribution in [0.5, 0.6) is 0 Å². The normalized spacial score (nSPS) is 14.2. The maximum Gasteiger partial charge on any atom is 0.251 e. The first-order valence-corrected chi connectivity index (χ1v) is 10.1. The number of rotatable bonds is 6. The van der Waals surface area contributed by atoms with Gasteiger partial charge in [-0.25, -0.2) is 9.97 Å². The molecule has 28 heavy (non-hydrogen) atoms. The van der Waals surface area contributed by atoms with Gasteiger partial charge in [-0.15, -0.1) is 11.3 Å². The number of nitrogens with zero attached hydrogens (tertiary/aromatic N) is 4. The molecule has 1 aliphatic rings. The minimum Gasteiger partial charge on any atom is -0.378 e.